The number of amides is 1. The molecule has 1 N–H and O–H groups in total. The highest BCUT2D eigenvalue weighted by molar-refractivity contribution is 7.13. The molecule has 144 valence electrons. The Bertz CT molecular complexity index is 986. The van der Waals surface area contributed by atoms with Crippen molar-refractivity contribution < 1.29 is 14.3 Å². The summed E-state index contributed by atoms with van der Waals surface area (Å²) in [5, 5.41) is 5.39. The molecule has 7 heteroatoms. The summed E-state index contributed by atoms with van der Waals surface area (Å²) in [6.45, 7) is 5.46. The maximum Gasteiger partial charge on any atom is 0.312 e. The second-order valence-corrected chi connectivity index (χ2v) is 7.36. The van der Waals surface area contributed by atoms with Crippen LogP contribution in [0.3, 0.4) is 0 Å². The lowest BCUT2D eigenvalue weighted by Gasteiger charge is -2.14. The zero-order valence-electron chi connectivity index (χ0n) is 15.9. The maximum atomic E-state index is 12.3. The zero-order valence-corrected chi connectivity index (χ0v) is 16.7. The van der Waals surface area contributed by atoms with Crippen molar-refractivity contribution >= 4 is 28.9 Å². The standard InChI is InChI=1S/C21H21N3O3S/c1-13-6-7-18(14(2)9-13)24-20(26)15(3)27-19(25)10-17-12-28-21(23-17)16-5-4-8-22-11-16/h4-9,11-12,15H,10H2,1-3H3,(H,24,26)/t15-/m1/s1. The first-order valence-corrected chi connectivity index (χ1v) is 9.73. The molecule has 0 bridgehead atoms. The van der Waals surface area contributed by atoms with E-state index in [0.717, 1.165) is 21.7 Å². The minimum atomic E-state index is -0.898. The molecule has 0 aliphatic heterocycles. The Balaban J connectivity index is 1.55. The molecule has 3 rings (SSSR count). The Morgan fingerprint density at radius 2 is 2.07 bits per heavy atom. The van der Waals surface area contributed by atoms with Crippen molar-refractivity contribution in [3.63, 3.8) is 0 Å². The molecule has 0 unspecified atom stereocenters. The first-order chi connectivity index (χ1) is 13.4. The van der Waals surface area contributed by atoms with E-state index in [0.29, 0.717) is 11.4 Å². The fraction of sp³-hybridized carbons (Fsp3) is 0.238. The van der Waals surface area contributed by atoms with Gasteiger partial charge in [-0.2, -0.15) is 0 Å². The number of ether oxygens (including phenoxy) is 1. The van der Waals surface area contributed by atoms with Gasteiger partial charge in [0.15, 0.2) is 6.10 Å². The fourth-order valence-electron chi connectivity index (χ4n) is 2.64. The Hall–Kier alpha value is -3.06. The SMILES string of the molecule is Cc1ccc(NC(=O)[C@@H](C)OC(=O)Cc2csc(-c3cccnc3)n2)c(C)c1. The normalized spacial score (nSPS) is 11.7. The van der Waals surface area contributed by atoms with Crippen LogP contribution in [0, 0.1) is 13.8 Å². The topological polar surface area (TPSA) is 81.2 Å². The first kappa shape index (κ1) is 19.7. The Labute approximate surface area is 167 Å². The second-order valence-electron chi connectivity index (χ2n) is 6.50. The number of esters is 1. The summed E-state index contributed by atoms with van der Waals surface area (Å²) in [5.41, 5.74) is 4.28. The molecule has 2 heterocycles. The van der Waals surface area contributed by atoms with E-state index < -0.39 is 12.1 Å². The molecule has 2 aromatic heterocycles. The summed E-state index contributed by atoms with van der Waals surface area (Å²) in [4.78, 5) is 33.0. The van der Waals surface area contributed by atoms with E-state index in [1.54, 1.807) is 19.3 Å². The lowest BCUT2D eigenvalue weighted by molar-refractivity contribution is -0.152. The number of thiazole rings is 1. The fourth-order valence-corrected chi connectivity index (χ4v) is 3.45. The number of nitrogens with one attached hydrogen (secondary N) is 1. The summed E-state index contributed by atoms with van der Waals surface area (Å²) >= 11 is 1.44. The Morgan fingerprint density at radius 3 is 2.79 bits per heavy atom. The third-order valence-electron chi connectivity index (χ3n) is 4.10. The highest BCUT2D eigenvalue weighted by Gasteiger charge is 2.19. The number of anilines is 1. The summed E-state index contributed by atoms with van der Waals surface area (Å²) in [6.07, 6.45) is 2.53. The van der Waals surface area contributed by atoms with Crippen molar-refractivity contribution in [2.45, 2.75) is 33.3 Å². The smallest absolute Gasteiger partial charge is 0.312 e. The van der Waals surface area contributed by atoms with Crippen LogP contribution in [0.4, 0.5) is 5.69 Å². The molecule has 6 nitrogen and oxygen atoms in total. The molecule has 0 fully saturated rings. The number of carbonyl (C=O) groups is 2. The summed E-state index contributed by atoms with van der Waals surface area (Å²) in [7, 11) is 0. The molecule has 0 saturated heterocycles. The molecule has 1 atom stereocenters. The molecular weight excluding hydrogens is 374 g/mol. The highest BCUT2D eigenvalue weighted by atomic mass is 32.1. The van der Waals surface area contributed by atoms with Crippen LogP contribution in [0.2, 0.25) is 0 Å². The van der Waals surface area contributed by atoms with E-state index in [-0.39, 0.29) is 12.3 Å². The maximum absolute atomic E-state index is 12.3. The van der Waals surface area contributed by atoms with E-state index in [2.05, 4.69) is 15.3 Å². The van der Waals surface area contributed by atoms with Gasteiger partial charge in [0.1, 0.15) is 5.01 Å². The average molecular weight is 395 g/mol. The van der Waals surface area contributed by atoms with Crippen LogP contribution in [0.25, 0.3) is 10.6 Å². The summed E-state index contributed by atoms with van der Waals surface area (Å²) in [5.74, 6) is -0.860. The highest BCUT2D eigenvalue weighted by Crippen LogP contribution is 2.23. The minimum absolute atomic E-state index is 0.0118. The van der Waals surface area contributed by atoms with Crippen LogP contribution in [0.5, 0.6) is 0 Å². The molecule has 1 amide bonds. The zero-order chi connectivity index (χ0) is 20.1. The largest absolute Gasteiger partial charge is 0.452 e. The second kappa shape index (κ2) is 8.75. The molecule has 0 aliphatic rings. The number of aryl methyl sites for hydroxylation is 2. The number of hydrogen-bond acceptors (Lipinski definition) is 6. The van der Waals surface area contributed by atoms with Crippen LogP contribution >= 0.6 is 11.3 Å². The molecule has 28 heavy (non-hydrogen) atoms. The molecule has 0 saturated carbocycles. The van der Waals surface area contributed by atoms with E-state index >= 15 is 0 Å². The average Bonchev–Trinajstić information content (AvgIpc) is 3.13. The van der Waals surface area contributed by atoms with Crippen LogP contribution in [0.15, 0.2) is 48.1 Å². The third kappa shape index (κ3) is 5.01. The van der Waals surface area contributed by atoms with Crippen LogP contribution < -0.4 is 5.32 Å². The van der Waals surface area contributed by atoms with Crippen molar-refractivity contribution in [1.29, 1.82) is 0 Å². The summed E-state index contributed by atoms with van der Waals surface area (Å²) < 4.78 is 5.27. The molecule has 0 radical (unpaired) electrons. The number of benzene rings is 1. The molecular formula is C21H21N3O3S. The van der Waals surface area contributed by atoms with Crippen molar-refractivity contribution in [1.82, 2.24) is 9.97 Å². The molecule has 0 spiro atoms. The van der Waals surface area contributed by atoms with Gasteiger partial charge >= 0.3 is 5.97 Å². The lowest BCUT2D eigenvalue weighted by Crippen LogP contribution is -2.30. The van der Waals surface area contributed by atoms with Gasteiger partial charge in [0, 0.05) is 29.0 Å². The van der Waals surface area contributed by atoms with Crippen molar-refractivity contribution in [3.8, 4) is 10.6 Å². The van der Waals surface area contributed by atoms with Gasteiger partial charge in [0.05, 0.1) is 12.1 Å². The van der Waals surface area contributed by atoms with E-state index in [9.17, 15) is 9.59 Å². The number of pyridine rings is 1. The minimum Gasteiger partial charge on any atom is -0.452 e. The first-order valence-electron chi connectivity index (χ1n) is 8.85. The van der Waals surface area contributed by atoms with Gasteiger partial charge in [0.25, 0.3) is 5.91 Å². The van der Waals surface area contributed by atoms with Gasteiger partial charge < -0.3 is 10.1 Å². The third-order valence-corrected chi connectivity index (χ3v) is 5.04. The lowest BCUT2D eigenvalue weighted by atomic mass is 10.1. The molecule has 3 aromatic rings. The van der Waals surface area contributed by atoms with Gasteiger partial charge in [-0.3, -0.25) is 14.6 Å². The van der Waals surface area contributed by atoms with Gasteiger partial charge in [-0.1, -0.05) is 17.7 Å². The Morgan fingerprint density at radius 1 is 1.25 bits per heavy atom. The number of nitrogens with zero attached hydrogens (tertiary/aromatic N) is 2. The van der Waals surface area contributed by atoms with Gasteiger partial charge in [-0.05, 0) is 44.5 Å². The monoisotopic (exact) mass is 395 g/mol. The van der Waals surface area contributed by atoms with Crippen molar-refractivity contribution in [2.24, 2.45) is 0 Å². The van der Waals surface area contributed by atoms with Gasteiger partial charge in [-0.15, -0.1) is 11.3 Å². The molecule has 0 aliphatic carbocycles. The van der Waals surface area contributed by atoms with Gasteiger partial charge in [-0.25, -0.2) is 4.98 Å². The number of carbonyl (C=O) groups excluding carboxylic acids is 2. The van der Waals surface area contributed by atoms with E-state index in [1.165, 1.54) is 11.3 Å². The van der Waals surface area contributed by atoms with Gasteiger partial charge in [0.2, 0.25) is 0 Å². The number of hydrogen-bond donors (Lipinski definition) is 1. The number of aromatic nitrogens is 2. The Kier molecular flexibility index (Phi) is 6.16. The van der Waals surface area contributed by atoms with E-state index in [1.807, 2.05) is 49.6 Å². The van der Waals surface area contributed by atoms with Crippen molar-refractivity contribution in [3.05, 3.63) is 64.9 Å². The van der Waals surface area contributed by atoms with E-state index in [4.69, 9.17) is 4.74 Å². The number of rotatable bonds is 6. The predicted molar refractivity (Wildman–Crippen MR) is 109 cm³/mol. The summed E-state index contributed by atoms with van der Waals surface area (Å²) in [6, 6.07) is 9.48. The van der Waals surface area contributed by atoms with Crippen LogP contribution in [-0.4, -0.2) is 27.9 Å². The molecule has 1 aromatic carbocycles. The van der Waals surface area contributed by atoms with Crippen LogP contribution in [0.1, 0.15) is 23.7 Å². The predicted octanol–water partition coefficient (Wildman–Crippen LogP) is 3.93. The van der Waals surface area contributed by atoms with Crippen molar-refractivity contribution in [2.75, 3.05) is 5.32 Å². The van der Waals surface area contributed by atoms with Crippen LogP contribution in [-0.2, 0) is 20.7 Å². The quantitative estimate of drug-likeness (QED) is 0.640.